The maximum atomic E-state index is 12.5. The number of nitrogens with two attached hydrogens (primary N) is 1. The maximum Gasteiger partial charge on any atom is 0.182 e. The van der Waals surface area contributed by atoms with E-state index in [0.29, 0.717) is 23.7 Å². The fourth-order valence-corrected chi connectivity index (χ4v) is 4.77. The van der Waals surface area contributed by atoms with Crippen molar-refractivity contribution in [3.63, 3.8) is 0 Å². The van der Waals surface area contributed by atoms with Crippen LogP contribution < -0.4 is 5.73 Å². The number of hydrogen-bond donors (Lipinski definition) is 1. The minimum absolute atomic E-state index is 0.130. The number of aromatic nitrogens is 1. The molecule has 0 aliphatic carbocycles. The minimum atomic E-state index is -3.33. The van der Waals surface area contributed by atoms with Crippen LogP contribution in [0, 0.1) is 27.7 Å². The molecule has 0 amide bonds. The zero-order valence-electron chi connectivity index (χ0n) is 14.6. The van der Waals surface area contributed by atoms with Gasteiger partial charge in [0.15, 0.2) is 9.84 Å². The van der Waals surface area contributed by atoms with E-state index < -0.39 is 9.84 Å². The van der Waals surface area contributed by atoms with Gasteiger partial charge in [-0.05, 0) is 56.4 Å². The first-order valence-corrected chi connectivity index (χ1v) is 9.59. The smallest absolute Gasteiger partial charge is 0.182 e. The third-order valence-corrected chi connectivity index (χ3v) is 6.72. The Hall–Kier alpha value is -1.75. The number of rotatable bonds is 5. The molecule has 0 fully saturated rings. The van der Waals surface area contributed by atoms with E-state index in [-0.39, 0.29) is 5.75 Å². The van der Waals surface area contributed by atoms with Gasteiger partial charge in [-0.2, -0.15) is 0 Å². The number of benzene rings is 1. The molecule has 0 unspecified atom stereocenters. The highest BCUT2D eigenvalue weighted by molar-refractivity contribution is 7.91. The predicted molar refractivity (Wildman–Crippen MR) is 95.7 cm³/mol. The van der Waals surface area contributed by atoms with Gasteiger partial charge in [0.2, 0.25) is 0 Å². The number of nitrogen functional groups attached to an aromatic ring is 1. The fourth-order valence-electron chi connectivity index (χ4n) is 2.98. The molecule has 2 N–H and O–H groups in total. The standard InChI is InChI=1S/C18H26N2O2S/c1-6-10-23(21,22)17-14(4)15(5)20(18(17)19)11-16-9-7-8-12(2)13(16)3/h7-9H,6,10-11,19H2,1-5H3. The molecular formula is C18H26N2O2S. The second kappa shape index (κ2) is 6.40. The van der Waals surface area contributed by atoms with Crippen LogP contribution in [0.25, 0.3) is 0 Å². The normalized spacial score (nSPS) is 11.9. The Morgan fingerprint density at radius 2 is 1.74 bits per heavy atom. The van der Waals surface area contributed by atoms with Crippen molar-refractivity contribution in [3.8, 4) is 0 Å². The molecular weight excluding hydrogens is 308 g/mol. The SMILES string of the molecule is CCCS(=O)(=O)c1c(C)c(C)n(Cc2cccc(C)c2C)c1N. The van der Waals surface area contributed by atoms with Gasteiger partial charge in [-0.25, -0.2) is 8.42 Å². The van der Waals surface area contributed by atoms with E-state index in [9.17, 15) is 8.42 Å². The summed E-state index contributed by atoms with van der Waals surface area (Å²) in [5.41, 5.74) is 11.5. The summed E-state index contributed by atoms with van der Waals surface area (Å²) in [7, 11) is -3.33. The fraction of sp³-hybridized carbons (Fsp3) is 0.444. The van der Waals surface area contributed by atoms with Gasteiger partial charge in [0.05, 0.1) is 5.75 Å². The van der Waals surface area contributed by atoms with Crippen molar-refractivity contribution in [2.75, 3.05) is 11.5 Å². The summed E-state index contributed by atoms with van der Waals surface area (Å²) in [6.45, 7) is 10.4. The molecule has 0 saturated carbocycles. The van der Waals surface area contributed by atoms with Crippen LogP contribution in [-0.4, -0.2) is 18.7 Å². The molecule has 0 aliphatic heterocycles. The molecule has 0 radical (unpaired) electrons. The predicted octanol–water partition coefficient (Wildman–Crippen LogP) is 3.54. The topological polar surface area (TPSA) is 65.1 Å². The van der Waals surface area contributed by atoms with Crippen LogP contribution in [0.3, 0.4) is 0 Å². The van der Waals surface area contributed by atoms with Crippen LogP contribution in [-0.2, 0) is 16.4 Å². The van der Waals surface area contributed by atoms with Crippen molar-refractivity contribution in [1.82, 2.24) is 4.57 Å². The summed E-state index contributed by atoms with van der Waals surface area (Å²) in [5, 5.41) is 0. The Morgan fingerprint density at radius 1 is 1.09 bits per heavy atom. The average Bonchev–Trinajstić information content (AvgIpc) is 2.67. The summed E-state index contributed by atoms with van der Waals surface area (Å²) in [4.78, 5) is 0.308. The van der Waals surface area contributed by atoms with E-state index >= 15 is 0 Å². The van der Waals surface area contributed by atoms with Gasteiger partial charge in [-0.3, -0.25) is 0 Å². The van der Waals surface area contributed by atoms with E-state index in [1.165, 1.54) is 11.1 Å². The minimum Gasteiger partial charge on any atom is -0.384 e. The number of anilines is 1. The molecule has 0 spiro atoms. The second-order valence-corrected chi connectivity index (χ2v) is 8.23. The molecule has 1 aromatic carbocycles. The van der Waals surface area contributed by atoms with Crippen molar-refractivity contribution in [2.45, 2.75) is 52.5 Å². The highest BCUT2D eigenvalue weighted by Gasteiger charge is 2.26. The number of hydrogen-bond acceptors (Lipinski definition) is 3. The highest BCUT2D eigenvalue weighted by atomic mass is 32.2. The van der Waals surface area contributed by atoms with Crippen LogP contribution in [0.1, 0.15) is 41.3 Å². The van der Waals surface area contributed by atoms with Crippen LogP contribution in [0.15, 0.2) is 23.1 Å². The molecule has 0 atom stereocenters. The van der Waals surface area contributed by atoms with E-state index in [1.807, 2.05) is 31.4 Å². The number of sulfone groups is 1. The van der Waals surface area contributed by atoms with E-state index in [1.54, 1.807) is 0 Å². The first-order chi connectivity index (χ1) is 10.7. The van der Waals surface area contributed by atoms with Gasteiger partial charge in [-0.1, -0.05) is 25.1 Å². The molecule has 2 rings (SSSR count). The third-order valence-electron chi connectivity index (χ3n) is 4.64. The highest BCUT2D eigenvalue weighted by Crippen LogP contribution is 2.31. The maximum absolute atomic E-state index is 12.5. The lowest BCUT2D eigenvalue weighted by Gasteiger charge is -2.13. The van der Waals surface area contributed by atoms with Gasteiger partial charge in [0.25, 0.3) is 0 Å². The van der Waals surface area contributed by atoms with E-state index in [0.717, 1.165) is 16.8 Å². The van der Waals surface area contributed by atoms with Gasteiger partial charge in [0.1, 0.15) is 10.7 Å². The Labute approximate surface area is 139 Å². The third kappa shape index (κ3) is 3.15. The molecule has 4 nitrogen and oxygen atoms in total. The Morgan fingerprint density at radius 3 is 2.35 bits per heavy atom. The Kier molecular flexibility index (Phi) is 4.90. The van der Waals surface area contributed by atoms with Gasteiger partial charge < -0.3 is 10.3 Å². The first-order valence-electron chi connectivity index (χ1n) is 7.93. The first kappa shape index (κ1) is 17.6. The summed E-state index contributed by atoms with van der Waals surface area (Å²) >= 11 is 0. The summed E-state index contributed by atoms with van der Waals surface area (Å²) in [5.74, 6) is 0.486. The molecule has 23 heavy (non-hydrogen) atoms. The monoisotopic (exact) mass is 334 g/mol. The quantitative estimate of drug-likeness (QED) is 0.909. The van der Waals surface area contributed by atoms with E-state index in [4.69, 9.17) is 5.73 Å². The van der Waals surface area contributed by atoms with Crippen molar-refractivity contribution in [1.29, 1.82) is 0 Å². The zero-order chi connectivity index (χ0) is 17.4. The summed E-state index contributed by atoms with van der Waals surface area (Å²) in [6, 6.07) is 6.16. The lowest BCUT2D eigenvalue weighted by Crippen LogP contribution is -2.11. The van der Waals surface area contributed by atoms with Gasteiger partial charge in [0, 0.05) is 12.2 Å². The molecule has 1 aromatic heterocycles. The van der Waals surface area contributed by atoms with Gasteiger partial charge >= 0.3 is 0 Å². The second-order valence-electron chi connectivity index (χ2n) is 6.19. The zero-order valence-corrected chi connectivity index (χ0v) is 15.4. The van der Waals surface area contributed by atoms with E-state index in [2.05, 4.69) is 26.0 Å². The molecule has 1 heterocycles. The van der Waals surface area contributed by atoms with Crippen LogP contribution in [0.4, 0.5) is 5.82 Å². The van der Waals surface area contributed by atoms with Crippen LogP contribution in [0.2, 0.25) is 0 Å². The van der Waals surface area contributed by atoms with Crippen LogP contribution >= 0.6 is 0 Å². The average molecular weight is 334 g/mol. The summed E-state index contributed by atoms with van der Waals surface area (Å²) < 4.78 is 27.0. The molecule has 0 bridgehead atoms. The number of aryl methyl sites for hydroxylation is 1. The van der Waals surface area contributed by atoms with Crippen molar-refractivity contribution in [2.24, 2.45) is 0 Å². The number of nitrogens with zero attached hydrogens (tertiary/aromatic N) is 1. The molecule has 126 valence electrons. The molecule has 5 heteroatoms. The molecule has 2 aromatic rings. The van der Waals surface area contributed by atoms with Crippen molar-refractivity contribution >= 4 is 15.7 Å². The lowest BCUT2D eigenvalue weighted by molar-refractivity contribution is 0.594. The van der Waals surface area contributed by atoms with Gasteiger partial charge in [-0.15, -0.1) is 0 Å². The lowest BCUT2D eigenvalue weighted by atomic mass is 10.0. The van der Waals surface area contributed by atoms with Crippen molar-refractivity contribution < 1.29 is 8.42 Å². The Bertz CT molecular complexity index is 833. The largest absolute Gasteiger partial charge is 0.384 e. The van der Waals surface area contributed by atoms with Crippen LogP contribution in [0.5, 0.6) is 0 Å². The molecule has 0 saturated heterocycles. The van der Waals surface area contributed by atoms with Crippen molar-refractivity contribution in [3.05, 3.63) is 46.1 Å². The summed E-state index contributed by atoms with van der Waals surface area (Å²) in [6.07, 6.45) is 0.586. The molecule has 0 aliphatic rings. The Balaban J connectivity index is 2.56.